The Bertz CT molecular complexity index is 391. The highest BCUT2D eigenvalue weighted by Crippen LogP contribution is 2.15. The average Bonchev–Trinajstić information content (AvgIpc) is 2.47. The maximum atomic E-state index is 4.05. The van der Waals surface area contributed by atoms with E-state index in [0.717, 1.165) is 11.2 Å². The van der Waals surface area contributed by atoms with E-state index in [1.807, 2.05) is 12.1 Å². The lowest BCUT2D eigenvalue weighted by Gasteiger charge is -1.97. The van der Waals surface area contributed by atoms with Gasteiger partial charge in [0.1, 0.15) is 5.52 Å². The van der Waals surface area contributed by atoms with Crippen molar-refractivity contribution in [2.24, 2.45) is 0 Å². The van der Waals surface area contributed by atoms with E-state index in [1.54, 1.807) is 10.8 Å². The van der Waals surface area contributed by atoms with Crippen LogP contribution >= 0.6 is 0 Å². The molecule has 0 bridgehead atoms. The first-order valence-corrected chi connectivity index (χ1v) is 3.95. The molecule has 0 aliphatic rings. The molecule has 0 saturated carbocycles. The van der Waals surface area contributed by atoms with Gasteiger partial charge in [-0.05, 0) is 23.3 Å². The summed E-state index contributed by atoms with van der Waals surface area (Å²) in [5.41, 5.74) is 2.00. The molecule has 0 spiro atoms. The molecule has 2 rings (SSSR count). The van der Waals surface area contributed by atoms with Crippen LogP contribution in [-0.2, 0) is 0 Å². The molecule has 0 saturated heterocycles. The third-order valence-electron chi connectivity index (χ3n) is 1.78. The topological polar surface area (TPSA) is 43.1 Å². The van der Waals surface area contributed by atoms with E-state index in [0.29, 0.717) is 5.92 Å². The van der Waals surface area contributed by atoms with Gasteiger partial charge in [0, 0.05) is 6.20 Å². The summed E-state index contributed by atoms with van der Waals surface area (Å²) in [6.07, 6.45) is 1.70. The van der Waals surface area contributed by atoms with Gasteiger partial charge < -0.3 is 0 Å². The first-order chi connectivity index (χ1) is 5.79. The Morgan fingerprint density at radius 3 is 3.00 bits per heavy atom. The Labute approximate surface area is 70.2 Å². The molecule has 0 fully saturated rings. The lowest BCUT2D eigenvalue weighted by molar-refractivity contribution is 0.731. The van der Waals surface area contributed by atoms with E-state index in [1.165, 1.54) is 0 Å². The summed E-state index contributed by atoms with van der Waals surface area (Å²) in [6, 6.07) is 3.87. The minimum atomic E-state index is 0.395. The third kappa shape index (κ3) is 0.958. The highest BCUT2D eigenvalue weighted by Gasteiger charge is 2.08. The molecule has 0 radical (unpaired) electrons. The first-order valence-electron chi connectivity index (χ1n) is 3.95. The number of fused-ring (bicyclic) bond motifs is 1. The normalized spacial score (nSPS) is 11.2. The summed E-state index contributed by atoms with van der Waals surface area (Å²) in [6.45, 7) is 4.19. The van der Waals surface area contributed by atoms with Gasteiger partial charge >= 0.3 is 0 Å². The number of hydrogen-bond donors (Lipinski definition) is 0. The van der Waals surface area contributed by atoms with Crippen LogP contribution in [0.25, 0.3) is 5.52 Å². The summed E-state index contributed by atoms with van der Waals surface area (Å²) >= 11 is 0. The van der Waals surface area contributed by atoms with Crippen LogP contribution in [-0.4, -0.2) is 20.0 Å². The molecule has 0 aliphatic heterocycles. The molecule has 0 unspecified atom stereocenters. The quantitative estimate of drug-likeness (QED) is 0.633. The van der Waals surface area contributed by atoms with Crippen molar-refractivity contribution in [1.82, 2.24) is 20.0 Å². The van der Waals surface area contributed by atoms with Gasteiger partial charge in [0.15, 0.2) is 0 Å². The third-order valence-corrected chi connectivity index (χ3v) is 1.78. The molecule has 2 aromatic rings. The monoisotopic (exact) mass is 162 g/mol. The number of hydrogen-bond acceptors (Lipinski definition) is 3. The van der Waals surface area contributed by atoms with Crippen molar-refractivity contribution in [3.63, 3.8) is 0 Å². The highest BCUT2D eigenvalue weighted by molar-refractivity contribution is 5.50. The van der Waals surface area contributed by atoms with Gasteiger partial charge in [-0.15, -0.1) is 9.73 Å². The van der Waals surface area contributed by atoms with E-state index in [2.05, 4.69) is 29.3 Å². The van der Waals surface area contributed by atoms with E-state index in [4.69, 9.17) is 0 Å². The SMILES string of the molecule is CC(C)c1nnn2ncccc12. The van der Waals surface area contributed by atoms with Crippen LogP contribution in [0.3, 0.4) is 0 Å². The van der Waals surface area contributed by atoms with Crippen molar-refractivity contribution in [2.45, 2.75) is 19.8 Å². The molecule has 0 aliphatic carbocycles. The van der Waals surface area contributed by atoms with E-state index in [9.17, 15) is 0 Å². The molecule has 4 nitrogen and oxygen atoms in total. The fourth-order valence-electron chi connectivity index (χ4n) is 1.18. The van der Waals surface area contributed by atoms with Gasteiger partial charge in [0.25, 0.3) is 0 Å². The van der Waals surface area contributed by atoms with Gasteiger partial charge in [-0.1, -0.05) is 13.8 Å². The standard InChI is InChI=1S/C8H10N4/c1-6(2)8-7-4-3-5-9-12(7)11-10-8/h3-6H,1-2H3. The van der Waals surface area contributed by atoms with Gasteiger partial charge in [-0.2, -0.15) is 5.10 Å². The second kappa shape index (κ2) is 2.55. The maximum absolute atomic E-state index is 4.05. The number of aromatic nitrogens is 4. The Balaban J connectivity index is 2.70. The Morgan fingerprint density at radius 2 is 2.25 bits per heavy atom. The van der Waals surface area contributed by atoms with Gasteiger partial charge in [-0.3, -0.25) is 0 Å². The molecule has 0 aromatic carbocycles. The van der Waals surface area contributed by atoms with Crippen LogP contribution in [0.15, 0.2) is 18.3 Å². The molecule has 0 atom stereocenters. The summed E-state index contributed by atoms with van der Waals surface area (Å²) < 4.78 is 1.55. The van der Waals surface area contributed by atoms with Gasteiger partial charge in [0.05, 0.1) is 5.69 Å². The Hall–Kier alpha value is -1.45. The van der Waals surface area contributed by atoms with Crippen LogP contribution in [0.5, 0.6) is 0 Å². The van der Waals surface area contributed by atoms with Crippen LogP contribution in [0.4, 0.5) is 0 Å². The second-order valence-electron chi connectivity index (χ2n) is 3.03. The van der Waals surface area contributed by atoms with E-state index < -0.39 is 0 Å². The zero-order valence-electron chi connectivity index (χ0n) is 7.10. The summed E-state index contributed by atoms with van der Waals surface area (Å²) in [5.74, 6) is 0.395. The molecule has 62 valence electrons. The zero-order valence-corrected chi connectivity index (χ0v) is 7.10. The Morgan fingerprint density at radius 1 is 1.42 bits per heavy atom. The fraction of sp³-hybridized carbons (Fsp3) is 0.375. The summed E-state index contributed by atoms with van der Waals surface area (Å²) in [4.78, 5) is 0. The average molecular weight is 162 g/mol. The van der Waals surface area contributed by atoms with Crippen LogP contribution < -0.4 is 0 Å². The number of nitrogens with zero attached hydrogens (tertiary/aromatic N) is 4. The molecular formula is C8H10N4. The van der Waals surface area contributed by atoms with Crippen molar-refractivity contribution < 1.29 is 0 Å². The number of rotatable bonds is 1. The highest BCUT2D eigenvalue weighted by atomic mass is 15.5. The zero-order chi connectivity index (χ0) is 8.55. The van der Waals surface area contributed by atoms with Crippen LogP contribution in [0.1, 0.15) is 25.5 Å². The molecule has 2 heterocycles. The fourth-order valence-corrected chi connectivity index (χ4v) is 1.18. The van der Waals surface area contributed by atoms with Gasteiger partial charge in [0.2, 0.25) is 0 Å². The van der Waals surface area contributed by atoms with Crippen molar-refractivity contribution >= 4 is 5.52 Å². The molecular weight excluding hydrogens is 152 g/mol. The van der Waals surface area contributed by atoms with Gasteiger partial charge in [-0.25, -0.2) is 0 Å². The largest absolute Gasteiger partial charge is 0.157 e. The molecule has 0 N–H and O–H groups in total. The minimum Gasteiger partial charge on any atom is -0.157 e. The minimum absolute atomic E-state index is 0.395. The summed E-state index contributed by atoms with van der Waals surface area (Å²) in [5, 5.41) is 12.0. The molecule has 0 amide bonds. The predicted molar refractivity (Wildman–Crippen MR) is 44.9 cm³/mol. The smallest absolute Gasteiger partial charge is 0.111 e. The van der Waals surface area contributed by atoms with Crippen molar-refractivity contribution in [1.29, 1.82) is 0 Å². The van der Waals surface area contributed by atoms with Crippen LogP contribution in [0, 0.1) is 0 Å². The summed E-state index contributed by atoms with van der Waals surface area (Å²) in [7, 11) is 0. The van der Waals surface area contributed by atoms with Crippen molar-refractivity contribution in [3.8, 4) is 0 Å². The van der Waals surface area contributed by atoms with Crippen LogP contribution in [0.2, 0.25) is 0 Å². The van der Waals surface area contributed by atoms with E-state index >= 15 is 0 Å². The predicted octanol–water partition coefficient (Wildman–Crippen LogP) is 1.25. The second-order valence-corrected chi connectivity index (χ2v) is 3.03. The first kappa shape index (κ1) is 7.21. The lowest BCUT2D eigenvalue weighted by Crippen LogP contribution is -1.91. The molecule has 2 aromatic heterocycles. The molecule has 12 heavy (non-hydrogen) atoms. The lowest BCUT2D eigenvalue weighted by atomic mass is 10.1. The Kier molecular flexibility index (Phi) is 1.53. The van der Waals surface area contributed by atoms with Crippen molar-refractivity contribution in [3.05, 3.63) is 24.0 Å². The van der Waals surface area contributed by atoms with Crippen molar-refractivity contribution in [2.75, 3.05) is 0 Å². The van der Waals surface area contributed by atoms with E-state index in [-0.39, 0.29) is 0 Å². The maximum Gasteiger partial charge on any atom is 0.111 e. The molecule has 4 heteroatoms.